The van der Waals surface area contributed by atoms with E-state index in [-0.39, 0.29) is 16.2 Å². The van der Waals surface area contributed by atoms with Gasteiger partial charge in [-0.05, 0) is 316 Å². The van der Waals surface area contributed by atoms with Gasteiger partial charge in [0.25, 0.3) is 0 Å². The zero-order valence-corrected chi connectivity index (χ0v) is 83.4. The van der Waals surface area contributed by atoms with Gasteiger partial charge in [-0.1, -0.05) is 507 Å². The molecule has 1 spiro atoms. The second kappa shape index (κ2) is 38.0. The molecule has 141 heavy (non-hydrogen) atoms. The first-order valence-corrected chi connectivity index (χ1v) is 49.9. The maximum atomic E-state index is 2.41. The van der Waals surface area contributed by atoms with Crippen LogP contribution in [-0.4, -0.2) is 0 Å². The smallest absolute Gasteiger partial charge is 0.0622 e. The van der Waals surface area contributed by atoms with Crippen molar-refractivity contribution in [1.82, 2.24) is 0 Å². The van der Waals surface area contributed by atoms with Crippen molar-refractivity contribution in [2.75, 3.05) is 0 Å². The van der Waals surface area contributed by atoms with Crippen LogP contribution >= 0.6 is 0 Å². The lowest BCUT2D eigenvalue weighted by Crippen LogP contribution is -2.28. The van der Waals surface area contributed by atoms with Gasteiger partial charge < -0.3 is 0 Å². The van der Waals surface area contributed by atoms with E-state index >= 15 is 0 Å². The first-order valence-electron chi connectivity index (χ1n) is 49.9. The zero-order valence-electron chi connectivity index (χ0n) is 83.4. The number of benzene rings is 22. The van der Waals surface area contributed by atoms with Crippen molar-refractivity contribution < 1.29 is 0 Å². The molecule has 26 rings (SSSR count). The van der Waals surface area contributed by atoms with Gasteiger partial charge in [0.05, 0.1) is 10.8 Å². The summed E-state index contributed by atoms with van der Waals surface area (Å²) in [5.41, 5.74) is 53.6. The number of hydrogen-bond acceptors (Lipinski definition) is 0. The summed E-state index contributed by atoms with van der Waals surface area (Å²) in [7, 11) is 0. The van der Waals surface area contributed by atoms with Crippen LogP contribution in [-0.2, 0) is 16.2 Å². The van der Waals surface area contributed by atoms with Crippen LogP contribution in [0.2, 0.25) is 0 Å². The van der Waals surface area contributed by atoms with E-state index in [1.54, 1.807) is 0 Å². The van der Waals surface area contributed by atoms with Crippen LogP contribution in [0.3, 0.4) is 0 Å². The molecule has 0 atom stereocenters. The maximum absolute atomic E-state index is 2.41. The highest BCUT2D eigenvalue weighted by Gasteiger charge is 2.52. The van der Waals surface area contributed by atoms with Gasteiger partial charge in [-0.2, -0.15) is 0 Å². The van der Waals surface area contributed by atoms with E-state index in [4.69, 9.17) is 0 Å². The average molecular weight is 1810 g/mol. The van der Waals surface area contributed by atoms with Crippen LogP contribution in [0.5, 0.6) is 0 Å². The lowest BCUT2D eigenvalue weighted by Gasteiger charge is -2.34. The van der Waals surface area contributed by atoms with Crippen molar-refractivity contribution in [2.45, 2.75) is 113 Å². The fourth-order valence-corrected chi connectivity index (χ4v) is 23.0. The normalized spacial score (nSPS) is 12.8. The number of fused-ring (bicyclic) bond motifs is 20. The van der Waals surface area contributed by atoms with Crippen molar-refractivity contribution in [1.29, 1.82) is 0 Å². The van der Waals surface area contributed by atoms with Gasteiger partial charge in [0.2, 0.25) is 0 Å². The molecule has 0 radical (unpaired) electrons. The molecule has 0 aromatic heterocycles. The summed E-state index contributed by atoms with van der Waals surface area (Å²) in [6, 6.07) is 169. The van der Waals surface area contributed by atoms with Gasteiger partial charge in [-0.15, -0.1) is 0 Å². The maximum Gasteiger partial charge on any atom is 0.0725 e. The van der Waals surface area contributed by atoms with Crippen LogP contribution in [0.25, 0.3) is 143 Å². The van der Waals surface area contributed by atoms with Crippen molar-refractivity contribution >= 4 is 43.1 Å². The average Bonchev–Trinajstić information content (AvgIpc) is 1.50. The van der Waals surface area contributed by atoms with Crippen LogP contribution in [0.4, 0.5) is 0 Å². The summed E-state index contributed by atoms with van der Waals surface area (Å²) < 4.78 is 0. The molecule has 0 unspecified atom stereocenters. The highest BCUT2D eigenvalue weighted by Crippen LogP contribution is 2.64. The fourth-order valence-electron chi connectivity index (χ4n) is 23.0. The third-order valence-electron chi connectivity index (χ3n) is 30.1. The summed E-state index contributed by atoms with van der Waals surface area (Å²) >= 11 is 0. The van der Waals surface area contributed by atoms with Gasteiger partial charge in [0, 0.05) is 5.41 Å². The van der Waals surface area contributed by atoms with Gasteiger partial charge >= 0.3 is 0 Å². The number of hydrogen-bond donors (Lipinski definition) is 0. The van der Waals surface area contributed by atoms with Crippen LogP contribution in [0, 0.1) is 83.1 Å². The Hall–Kier alpha value is -16.1. The minimum absolute atomic E-state index is 0.142. The zero-order chi connectivity index (χ0) is 97.0. The van der Waals surface area contributed by atoms with Crippen LogP contribution < -0.4 is 0 Å². The lowest BCUT2D eigenvalue weighted by atomic mass is 9.67. The second-order valence-electron chi connectivity index (χ2n) is 40.1. The Bertz CT molecular complexity index is 7930. The van der Waals surface area contributed by atoms with Crippen molar-refractivity contribution in [3.8, 4) is 100 Å². The predicted octanol–water partition coefficient (Wildman–Crippen LogP) is 37.8. The molecule has 0 nitrogen and oxygen atoms in total. The Morgan fingerprint density at radius 1 is 0.135 bits per heavy atom. The van der Waals surface area contributed by atoms with E-state index in [2.05, 4.69) is 558 Å². The van der Waals surface area contributed by atoms with Crippen LogP contribution in [0.1, 0.15) is 136 Å². The largest absolute Gasteiger partial charge is 0.0725 e. The SMILES string of the molecule is Cc1cc(-c2ccc3ccccc3c2)c(C)cc1-c1ccc2ccccc2c1.Cc1cc(-c2cccc3ccccc23)c(C)cc1-c1cccc2ccccc12.Cc1ccc(-c2ccc(C)cc2)cc1.Cc1ccc2c(c1)C(C)(C)c1cc(C)ccc1-2.Cc1ccc2c(c1)C(c1ccccc1)(c1ccccc1)c1cc(C)ccc1-2.Cc1ccc2c(c1)C1(c3ccccc3-c3ccccc31)c1cc(C)ccc1-2. The van der Waals surface area contributed by atoms with E-state index in [9.17, 15) is 0 Å². The molecule has 0 N–H and O–H groups in total. The van der Waals surface area contributed by atoms with Gasteiger partial charge in [-0.25, -0.2) is 0 Å². The second-order valence-corrected chi connectivity index (χ2v) is 40.1. The molecule has 0 amide bonds. The molecule has 0 fully saturated rings. The number of rotatable bonds is 7. The van der Waals surface area contributed by atoms with Crippen molar-refractivity contribution in [3.05, 3.63) is 583 Å². The first kappa shape index (κ1) is 91.3. The molecule has 0 heteroatoms. The minimum Gasteiger partial charge on any atom is -0.0622 e. The van der Waals surface area contributed by atoms with Gasteiger partial charge in [0.15, 0.2) is 0 Å². The van der Waals surface area contributed by atoms with E-state index in [0.717, 1.165) is 0 Å². The Morgan fingerprint density at radius 3 is 0.745 bits per heavy atom. The van der Waals surface area contributed by atoms with E-state index < -0.39 is 0 Å². The van der Waals surface area contributed by atoms with E-state index in [1.807, 2.05) is 0 Å². The van der Waals surface area contributed by atoms with E-state index in [0.29, 0.717) is 0 Å². The monoisotopic (exact) mass is 1810 g/mol. The molecule has 0 saturated carbocycles. The molecule has 0 heterocycles. The van der Waals surface area contributed by atoms with Crippen LogP contribution in [0.15, 0.2) is 461 Å². The lowest BCUT2D eigenvalue weighted by molar-refractivity contribution is 0.659. The predicted molar refractivity (Wildman–Crippen MR) is 604 cm³/mol. The first-order chi connectivity index (χ1) is 68.6. The molecule has 4 aliphatic rings. The van der Waals surface area contributed by atoms with Crippen molar-refractivity contribution in [2.24, 2.45) is 0 Å². The Kier molecular flexibility index (Phi) is 24.6. The number of aryl methyl sites for hydroxylation is 12. The van der Waals surface area contributed by atoms with Gasteiger partial charge in [0.1, 0.15) is 0 Å². The summed E-state index contributed by atoms with van der Waals surface area (Å²) in [6.45, 7) is 30.9. The topological polar surface area (TPSA) is 0 Å². The molecule has 682 valence electrons. The third kappa shape index (κ3) is 16.9. The van der Waals surface area contributed by atoms with E-state index in [1.165, 1.54) is 266 Å². The Labute approximate surface area is 833 Å². The molecule has 0 bridgehead atoms. The third-order valence-corrected chi connectivity index (χ3v) is 30.1. The summed E-state index contributed by atoms with van der Waals surface area (Å²) in [4.78, 5) is 0. The fraction of sp³-hybridized carbons (Fsp3) is 0.121. The Morgan fingerprint density at radius 2 is 0.383 bits per heavy atom. The highest BCUT2D eigenvalue weighted by atomic mass is 14.5. The molecule has 22 aromatic carbocycles. The molecule has 0 aliphatic heterocycles. The summed E-state index contributed by atoms with van der Waals surface area (Å²) in [5, 5.41) is 10.3. The Balaban J connectivity index is 0.000000102. The molecule has 0 saturated heterocycles. The quantitative estimate of drug-likeness (QED) is 0.149. The highest BCUT2D eigenvalue weighted by molar-refractivity contribution is 6.02. The van der Waals surface area contributed by atoms with Crippen molar-refractivity contribution in [3.63, 3.8) is 0 Å². The molecular weight excluding hydrogens is 1690 g/mol. The minimum atomic E-state index is -0.273. The summed E-state index contributed by atoms with van der Waals surface area (Å²) in [5.74, 6) is 0. The molecule has 22 aromatic rings. The summed E-state index contributed by atoms with van der Waals surface area (Å²) in [6.07, 6.45) is 0. The molecule has 4 aliphatic carbocycles. The molecular formula is C141H118. The van der Waals surface area contributed by atoms with Gasteiger partial charge in [-0.3, -0.25) is 0 Å². The standard InChI is InChI=1S/2C28H22.C27H20.C27H22.C17H18.C14H14/c1-19-17-28(26-16-8-12-22-10-4-6-14-24(22)26)20(2)18-27(19)25-15-7-11-21-9-3-5-13-23(21)25;1-19-15-28(26-14-12-22-8-4-6-10-24(22)18-26)20(2)16-27(19)25-13-11-21-7-3-5-9-23(21)17-25;1-17-11-13-21-22-14-12-18(2)16-26(22)27(25(21)15-17)23-9-5-3-7-19(23)20-8-4-6-10-24(20)27;1-19-13-15-23-24-16-14-20(2)18-26(24)27(25(23)17-19,21-9-5-3-6-10-21)22-11-7-4-8-12-22;1-11-5-7-13-14-8-6-12(2)10-16(14)17(3,4)15(13)9-11;1-11-3-7-13(8-4-11)14-9-5-12(2)6-10-14/h2*3-18H,1-2H3;3-16H,1-2H3;3-18H,1-2H3;5-10H,1-4H3;3-10H,1-2H3.